The SMILES string of the molecule is Cc1cnc(N2CCC(n3cc(N4CCCC4=O)cn3)C2)cn1. The molecule has 120 valence electrons. The van der Waals surface area contributed by atoms with Gasteiger partial charge in [0, 0.05) is 32.3 Å². The molecule has 4 heterocycles. The van der Waals surface area contributed by atoms with Crippen molar-refractivity contribution in [3.8, 4) is 0 Å². The fourth-order valence-electron chi connectivity index (χ4n) is 3.30. The maximum Gasteiger partial charge on any atom is 0.227 e. The Labute approximate surface area is 134 Å². The molecule has 7 heteroatoms. The summed E-state index contributed by atoms with van der Waals surface area (Å²) in [5.41, 5.74) is 1.84. The first-order valence-corrected chi connectivity index (χ1v) is 8.09. The number of amides is 1. The highest BCUT2D eigenvalue weighted by atomic mass is 16.2. The van der Waals surface area contributed by atoms with E-state index in [1.54, 1.807) is 12.4 Å². The summed E-state index contributed by atoms with van der Waals surface area (Å²) in [5, 5.41) is 4.48. The van der Waals surface area contributed by atoms with Gasteiger partial charge < -0.3 is 9.80 Å². The predicted molar refractivity (Wildman–Crippen MR) is 86.5 cm³/mol. The smallest absolute Gasteiger partial charge is 0.227 e. The Hall–Kier alpha value is -2.44. The maximum absolute atomic E-state index is 11.8. The van der Waals surface area contributed by atoms with Gasteiger partial charge in [-0.1, -0.05) is 0 Å². The molecule has 0 radical (unpaired) electrons. The highest BCUT2D eigenvalue weighted by Gasteiger charge is 2.28. The molecule has 2 aliphatic heterocycles. The van der Waals surface area contributed by atoms with E-state index in [-0.39, 0.29) is 5.91 Å². The Bertz CT molecular complexity index is 710. The summed E-state index contributed by atoms with van der Waals surface area (Å²) in [6.07, 6.45) is 10.0. The Morgan fingerprint density at radius 2 is 2.09 bits per heavy atom. The number of hydrogen-bond donors (Lipinski definition) is 0. The average molecular weight is 312 g/mol. The molecule has 0 aliphatic carbocycles. The van der Waals surface area contributed by atoms with E-state index in [0.29, 0.717) is 12.5 Å². The number of hydrogen-bond acceptors (Lipinski definition) is 5. The fraction of sp³-hybridized carbons (Fsp3) is 0.500. The van der Waals surface area contributed by atoms with Crippen molar-refractivity contribution < 1.29 is 4.79 Å². The number of rotatable bonds is 3. The number of aryl methyl sites for hydroxylation is 1. The second-order valence-electron chi connectivity index (χ2n) is 6.23. The van der Waals surface area contributed by atoms with Crippen LogP contribution in [0.4, 0.5) is 11.5 Å². The largest absolute Gasteiger partial charge is 0.353 e. The second kappa shape index (κ2) is 5.64. The number of nitrogens with zero attached hydrogens (tertiary/aromatic N) is 6. The lowest BCUT2D eigenvalue weighted by atomic mass is 10.3. The molecule has 2 aromatic heterocycles. The van der Waals surface area contributed by atoms with E-state index in [9.17, 15) is 4.79 Å². The van der Waals surface area contributed by atoms with Gasteiger partial charge in [0.05, 0.1) is 36.0 Å². The molecule has 2 aromatic rings. The molecule has 4 rings (SSSR count). The van der Waals surface area contributed by atoms with E-state index in [0.717, 1.165) is 49.7 Å². The van der Waals surface area contributed by atoms with Crippen molar-refractivity contribution in [3.63, 3.8) is 0 Å². The lowest BCUT2D eigenvalue weighted by molar-refractivity contribution is -0.117. The van der Waals surface area contributed by atoms with Gasteiger partial charge in [-0.3, -0.25) is 14.5 Å². The van der Waals surface area contributed by atoms with Gasteiger partial charge in [-0.15, -0.1) is 0 Å². The van der Waals surface area contributed by atoms with E-state index < -0.39 is 0 Å². The molecule has 0 spiro atoms. The molecule has 23 heavy (non-hydrogen) atoms. The molecule has 1 amide bonds. The van der Waals surface area contributed by atoms with Gasteiger partial charge in [-0.2, -0.15) is 5.10 Å². The number of carbonyl (C=O) groups is 1. The lowest BCUT2D eigenvalue weighted by Crippen LogP contribution is -2.23. The zero-order valence-electron chi connectivity index (χ0n) is 13.2. The third-order valence-corrected chi connectivity index (χ3v) is 4.60. The summed E-state index contributed by atoms with van der Waals surface area (Å²) in [4.78, 5) is 24.7. The van der Waals surface area contributed by atoms with E-state index in [1.807, 2.05) is 28.9 Å². The van der Waals surface area contributed by atoms with Crippen LogP contribution in [-0.4, -0.2) is 45.3 Å². The Morgan fingerprint density at radius 1 is 1.17 bits per heavy atom. The molecule has 1 atom stereocenters. The van der Waals surface area contributed by atoms with E-state index in [2.05, 4.69) is 20.0 Å². The van der Waals surface area contributed by atoms with E-state index in [1.165, 1.54) is 0 Å². The zero-order valence-corrected chi connectivity index (χ0v) is 13.2. The van der Waals surface area contributed by atoms with Crippen molar-refractivity contribution in [1.82, 2.24) is 19.7 Å². The van der Waals surface area contributed by atoms with Crippen LogP contribution in [0.25, 0.3) is 0 Å². The summed E-state index contributed by atoms with van der Waals surface area (Å²) in [5.74, 6) is 1.12. The van der Waals surface area contributed by atoms with E-state index in [4.69, 9.17) is 0 Å². The molecule has 0 N–H and O–H groups in total. The first-order chi connectivity index (χ1) is 11.2. The third kappa shape index (κ3) is 2.67. The standard InChI is InChI=1S/C16H20N6O/c1-12-7-18-15(9-17-12)20-6-4-13(10-20)22-11-14(8-19-22)21-5-2-3-16(21)23/h7-9,11,13H,2-6,10H2,1H3. The summed E-state index contributed by atoms with van der Waals surface area (Å²) in [6.45, 7) is 4.56. The minimum atomic E-state index is 0.201. The van der Waals surface area contributed by atoms with Crippen molar-refractivity contribution in [3.05, 3.63) is 30.5 Å². The van der Waals surface area contributed by atoms with Gasteiger partial charge in [-0.05, 0) is 19.8 Å². The van der Waals surface area contributed by atoms with Crippen LogP contribution in [0.5, 0.6) is 0 Å². The minimum absolute atomic E-state index is 0.201. The van der Waals surface area contributed by atoms with Crippen molar-refractivity contribution >= 4 is 17.4 Å². The van der Waals surface area contributed by atoms with Crippen molar-refractivity contribution in [2.24, 2.45) is 0 Å². The number of carbonyl (C=O) groups excluding carboxylic acids is 1. The molecule has 0 aromatic carbocycles. The van der Waals surface area contributed by atoms with Crippen LogP contribution >= 0.6 is 0 Å². The van der Waals surface area contributed by atoms with Crippen molar-refractivity contribution in [2.45, 2.75) is 32.2 Å². The Morgan fingerprint density at radius 3 is 2.83 bits per heavy atom. The van der Waals surface area contributed by atoms with Crippen molar-refractivity contribution in [1.29, 1.82) is 0 Å². The van der Waals surface area contributed by atoms with Gasteiger partial charge in [0.15, 0.2) is 0 Å². The third-order valence-electron chi connectivity index (χ3n) is 4.60. The number of anilines is 2. The maximum atomic E-state index is 11.8. The molecular formula is C16H20N6O. The average Bonchev–Trinajstić information content (AvgIpc) is 3.26. The fourth-order valence-corrected chi connectivity index (χ4v) is 3.30. The predicted octanol–water partition coefficient (Wildman–Crippen LogP) is 1.56. The Balaban J connectivity index is 1.46. The molecule has 0 saturated carbocycles. The molecule has 2 aliphatic rings. The Kier molecular flexibility index (Phi) is 3.48. The molecule has 0 bridgehead atoms. The molecule has 2 fully saturated rings. The van der Waals surface area contributed by atoms with Gasteiger partial charge in [-0.25, -0.2) is 4.98 Å². The monoisotopic (exact) mass is 312 g/mol. The highest BCUT2D eigenvalue weighted by molar-refractivity contribution is 5.95. The molecular weight excluding hydrogens is 292 g/mol. The van der Waals surface area contributed by atoms with E-state index >= 15 is 0 Å². The zero-order chi connectivity index (χ0) is 15.8. The normalized spacial score (nSPS) is 21.4. The van der Waals surface area contributed by atoms with Crippen LogP contribution in [0.1, 0.15) is 31.0 Å². The van der Waals surface area contributed by atoms with Crippen LogP contribution in [0.2, 0.25) is 0 Å². The summed E-state index contributed by atoms with van der Waals surface area (Å²) >= 11 is 0. The van der Waals surface area contributed by atoms with Crippen molar-refractivity contribution in [2.75, 3.05) is 29.4 Å². The number of aromatic nitrogens is 4. The van der Waals surface area contributed by atoms with Crippen LogP contribution in [0.3, 0.4) is 0 Å². The highest BCUT2D eigenvalue weighted by Crippen LogP contribution is 2.27. The first kappa shape index (κ1) is 14.2. The van der Waals surface area contributed by atoms with Crippen LogP contribution in [0, 0.1) is 6.92 Å². The molecule has 2 saturated heterocycles. The summed E-state index contributed by atoms with van der Waals surface area (Å²) < 4.78 is 1.99. The first-order valence-electron chi connectivity index (χ1n) is 8.09. The molecule has 1 unspecified atom stereocenters. The summed E-state index contributed by atoms with van der Waals surface area (Å²) in [6, 6.07) is 0.310. The second-order valence-corrected chi connectivity index (χ2v) is 6.23. The van der Waals surface area contributed by atoms with Gasteiger partial charge in [0.1, 0.15) is 5.82 Å². The topological polar surface area (TPSA) is 67.2 Å². The van der Waals surface area contributed by atoms with Gasteiger partial charge >= 0.3 is 0 Å². The lowest BCUT2D eigenvalue weighted by Gasteiger charge is -2.17. The van der Waals surface area contributed by atoms with Gasteiger partial charge in [0.2, 0.25) is 5.91 Å². The van der Waals surface area contributed by atoms with Crippen LogP contribution in [0.15, 0.2) is 24.8 Å². The summed E-state index contributed by atoms with van der Waals surface area (Å²) in [7, 11) is 0. The van der Waals surface area contributed by atoms with Gasteiger partial charge in [0.25, 0.3) is 0 Å². The van der Waals surface area contributed by atoms with Crippen LogP contribution in [-0.2, 0) is 4.79 Å². The minimum Gasteiger partial charge on any atom is -0.353 e. The molecule has 7 nitrogen and oxygen atoms in total. The van der Waals surface area contributed by atoms with Crippen LogP contribution < -0.4 is 9.80 Å². The quantitative estimate of drug-likeness (QED) is 0.860.